The van der Waals surface area contributed by atoms with Gasteiger partial charge in [-0.15, -0.1) is 11.3 Å². The Bertz CT molecular complexity index is 512. The van der Waals surface area contributed by atoms with Gasteiger partial charge in [-0.1, -0.05) is 12.1 Å². The number of aromatic nitrogens is 1. The molecule has 2 aromatic rings. The van der Waals surface area contributed by atoms with Gasteiger partial charge >= 0.3 is 0 Å². The largest absolute Gasteiger partial charge is 0.300 e. The van der Waals surface area contributed by atoms with Crippen molar-refractivity contribution in [1.82, 2.24) is 4.98 Å². The Morgan fingerprint density at radius 3 is 2.75 bits per heavy atom. The topological polar surface area (TPSA) is 47.0 Å². The molecule has 1 aromatic carbocycles. The maximum atomic E-state index is 11.4. The second-order valence-corrected chi connectivity index (χ2v) is 4.78. The highest BCUT2D eigenvalue weighted by Gasteiger charge is 2.10. The minimum absolute atomic E-state index is 0.00985. The number of carbonyl (C=O) groups excluding carboxylic acids is 2. The number of rotatable bonds is 4. The monoisotopic (exact) mass is 233 g/mol. The van der Waals surface area contributed by atoms with E-state index in [0.717, 1.165) is 15.2 Å². The van der Waals surface area contributed by atoms with E-state index < -0.39 is 0 Å². The minimum atomic E-state index is -0.0916. The molecule has 0 radical (unpaired) electrons. The number of nitrogens with zero attached hydrogens (tertiary/aromatic N) is 1. The van der Waals surface area contributed by atoms with Gasteiger partial charge in [0.15, 0.2) is 0 Å². The fourth-order valence-corrected chi connectivity index (χ4v) is 2.50. The first kappa shape index (κ1) is 11.0. The van der Waals surface area contributed by atoms with E-state index in [1.54, 1.807) is 0 Å². The summed E-state index contributed by atoms with van der Waals surface area (Å²) in [4.78, 5) is 26.6. The summed E-state index contributed by atoms with van der Waals surface area (Å²) in [6, 6.07) is 7.77. The first-order chi connectivity index (χ1) is 7.65. The SMILES string of the molecule is CC(=O)CC(=O)Cc1nc2ccccc2s1. The highest BCUT2D eigenvalue weighted by Crippen LogP contribution is 2.22. The molecular formula is C12H11NO2S. The summed E-state index contributed by atoms with van der Waals surface area (Å²) >= 11 is 1.51. The van der Waals surface area contributed by atoms with Gasteiger partial charge in [0.25, 0.3) is 0 Å². The molecule has 1 heterocycles. The molecule has 0 atom stereocenters. The van der Waals surface area contributed by atoms with Crippen molar-refractivity contribution in [1.29, 1.82) is 0 Å². The highest BCUT2D eigenvalue weighted by atomic mass is 32.1. The molecule has 16 heavy (non-hydrogen) atoms. The van der Waals surface area contributed by atoms with Crippen molar-refractivity contribution in [3.8, 4) is 0 Å². The molecule has 4 heteroatoms. The number of hydrogen-bond acceptors (Lipinski definition) is 4. The standard InChI is InChI=1S/C12H11NO2S/c1-8(14)6-9(15)7-12-13-10-4-2-3-5-11(10)16-12/h2-5H,6-7H2,1H3. The molecule has 0 unspecified atom stereocenters. The minimum Gasteiger partial charge on any atom is -0.300 e. The van der Waals surface area contributed by atoms with E-state index in [1.807, 2.05) is 24.3 Å². The fourth-order valence-electron chi connectivity index (χ4n) is 1.50. The molecule has 82 valence electrons. The zero-order valence-electron chi connectivity index (χ0n) is 8.90. The first-order valence-electron chi connectivity index (χ1n) is 5.01. The number of Topliss-reactive ketones (excluding diaryl/α,β-unsaturated/α-hetero) is 2. The summed E-state index contributed by atoms with van der Waals surface area (Å²) in [5.41, 5.74) is 0.915. The lowest BCUT2D eigenvalue weighted by Gasteiger charge is -1.92. The van der Waals surface area contributed by atoms with Crippen LogP contribution in [0, 0.1) is 0 Å². The Hall–Kier alpha value is -1.55. The summed E-state index contributed by atoms with van der Waals surface area (Å²) < 4.78 is 1.08. The van der Waals surface area contributed by atoms with E-state index >= 15 is 0 Å². The van der Waals surface area contributed by atoms with Crippen LogP contribution < -0.4 is 0 Å². The molecule has 3 nitrogen and oxygen atoms in total. The molecule has 2 rings (SSSR count). The predicted octanol–water partition coefficient (Wildman–Crippen LogP) is 2.39. The quantitative estimate of drug-likeness (QED) is 0.762. The molecule has 0 aliphatic heterocycles. The molecule has 0 saturated heterocycles. The smallest absolute Gasteiger partial charge is 0.147 e. The molecule has 0 aliphatic rings. The third-order valence-electron chi connectivity index (χ3n) is 2.13. The molecule has 0 amide bonds. The van der Waals surface area contributed by atoms with Crippen LogP contribution in [0.25, 0.3) is 10.2 Å². The van der Waals surface area contributed by atoms with Gasteiger partial charge in [-0.3, -0.25) is 9.59 Å². The number of thiazole rings is 1. The van der Waals surface area contributed by atoms with Crippen molar-refractivity contribution in [2.75, 3.05) is 0 Å². The number of carbonyl (C=O) groups is 2. The summed E-state index contributed by atoms with van der Waals surface area (Å²) in [6.45, 7) is 1.43. The summed E-state index contributed by atoms with van der Waals surface area (Å²) in [5.74, 6) is -0.155. The molecular weight excluding hydrogens is 222 g/mol. The zero-order chi connectivity index (χ0) is 11.5. The average molecular weight is 233 g/mol. The van der Waals surface area contributed by atoms with Gasteiger partial charge in [-0.2, -0.15) is 0 Å². The van der Waals surface area contributed by atoms with E-state index in [9.17, 15) is 9.59 Å². The molecule has 0 saturated carbocycles. The van der Waals surface area contributed by atoms with Crippen molar-refractivity contribution in [2.45, 2.75) is 19.8 Å². The zero-order valence-corrected chi connectivity index (χ0v) is 9.71. The third-order valence-corrected chi connectivity index (χ3v) is 3.17. The normalized spacial score (nSPS) is 10.6. The van der Waals surface area contributed by atoms with Gasteiger partial charge in [0, 0.05) is 0 Å². The summed E-state index contributed by atoms with van der Waals surface area (Å²) in [5, 5.41) is 0.785. The Kier molecular flexibility index (Phi) is 3.10. The van der Waals surface area contributed by atoms with E-state index in [-0.39, 0.29) is 24.4 Å². The Morgan fingerprint density at radius 2 is 2.06 bits per heavy atom. The van der Waals surface area contributed by atoms with Crippen LogP contribution in [0.15, 0.2) is 24.3 Å². The lowest BCUT2D eigenvalue weighted by molar-refractivity contribution is -0.125. The maximum absolute atomic E-state index is 11.4. The predicted molar refractivity (Wildman–Crippen MR) is 63.6 cm³/mol. The Morgan fingerprint density at radius 1 is 1.31 bits per heavy atom. The van der Waals surface area contributed by atoms with Crippen LogP contribution in [-0.4, -0.2) is 16.6 Å². The molecule has 0 N–H and O–H groups in total. The van der Waals surface area contributed by atoms with Gasteiger partial charge < -0.3 is 0 Å². The van der Waals surface area contributed by atoms with Crippen molar-refractivity contribution >= 4 is 33.1 Å². The molecule has 0 bridgehead atoms. The van der Waals surface area contributed by atoms with E-state index in [4.69, 9.17) is 0 Å². The van der Waals surface area contributed by atoms with E-state index in [1.165, 1.54) is 18.3 Å². The fraction of sp³-hybridized carbons (Fsp3) is 0.250. The van der Waals surface area contributed by atoms with Crippen LogP contribution in [-0.2, 0) is 16.0 Å². The summed E-state index contributed by atoms with van der Waals surface area (Å²) in [6.07, 6.45) is 0.273. The lowest BCUT2D eigenvalue weighted by Crippen LogP contribution is -2.07. The number of benzene rings is 1. The Balaban J connectivity index is 2.15. The van der Waals surface area contributed by atoms with Gasteiger partial charge in [-0.25, -0.2) is 4.98 Å². The van der Waals surface area contributed by atoms with Crippen LogP contribution in [0.5, 0.6) is 0 Å². The molecule has 0 aliphatic carbocycles. The van der Waals surface area contributed by atoms with Crippen molar-refractivity contribution in [3.63, 3.8) is 0 Å². The Labute approximate surface area is 97.1 Å². The van der Waals surface area contributed by atoms with E-state index in [0.29, 0.717) is 0 Å². The molecule has 1 aromatic heterocycles. The van der Waals surface area contributed by atoms with Gasteiger partial charge in [0.2, 0.25) is 0 Å². The second-order valence-electron chi connectivity index (χ2n) is 3.67. The van der Waals surface area contributed by atoms with Crippen LogP contribution in [0.3, 0.4) is 0 Å². The number of ketones is 2. The van der Waals surface area contributed by atoms with Crippen LogP contribution >= 0.6 is 11.3 Å². The highest BCUT2D eigenvalue weighted by molar-refractivity contribution is 7.18. The lowest BCUT2D eigenvalue weighted by atomic mass is 10.2. The van der Waals surface area contributed by atoms with Gasteiger partial charge in [0.05, 0.1) is 23.1 Å². The van der Waals surface area contributed by atoms with Crippen LogP contribution in [0.1, 0.15) is 18.4 Å². The molecule has 0 spiro atoms. The van der Waals surface area contributed by atoms with E-state index in [2.05, 4.69) is 4.98 Å². The first-order valence-corrected chi connectivity index (χ1v) is 5.82. The number of fused-ring (bicyclic) bond motifs is 1. The van der Waals surface area contributed by atoms with Gasteiger partial charge in [-0.05, 0) is 19.1 Å². The number of hydrogen-bond donors (Lipinski definition) is 0. The van der Waals surface area contributed by atoms with Crippen molar-refractivity contribution < 1.29 is 9.59 Å². The summed E-state index contributed by atoms with van der Waals surface area (Å²) in [7, 11) is 0. The molecule has 0 fully saturated rings. The van der Waals surface area contributed by atoms with Gasteiger partial charge in [0.1, 0.15) is 16.6 Å². The van der Waals surface area contributed by atoms with Crippen LogP contribution in [0.4, 0.5) is 0 Å². The average Bonchev–Trinajstić information content (AvgIpc) is 2.57. The van der Waals surface area contributed by atoms with Crippen molar-refractivity contribution in [2.24, 2.45) is 0 Å². The van der Waals surface area contributed by atoms with Crippen LogP contribution in [0.2, 0.25) is 0 Å². The van der Waals surface area contributed by atoms with Crippen molar-refractivity contribution in [3.05, 3.63) is 29.3 Å². The number of para-hydroxylation sites is 1. The second kappa shape index (κ2) is 4.53. The third kappa shape index (κ3) is 2.52. The maximum Gasteiger partial charge on any atom is 0.147 e.